The Hall–Kier alpha value is -0.610. The second kappa shape index (κ2) is 7.10. The number of rotatable bonds is 4. The number of nitrogens with zero attached hydrogens (tertiary/aromatic N) is 2. The second-order valence-electron chi connectivity index (χ2n) is 7.19. The van der Waals surface area contributed by atoms with Crippen LogP contribution in [0.5, 0.6) is 0 Å². The van der Waals surface area contributed by atoms with E-state index in [0.29, 0.717) is 18.9 Å². The molecule has 0 aromatic rings. The van der Waals surface area contributed by atoms with Crippen molar-refractivity contribution < 1.29 is 9.53 Å². The molecule has 0 aromatic carbocycles. The van der Waals surface area contributed by atoms with Gasteiger partial charge >= 0.3 is 5.97 Å². The number of carbonyl (C=O) groups excluding carboxylic acids is 1. The summed E-state index contributed by atoms with van der Waals surface area (Å²) in [7, 11) is 2.18. The SMILES string of the molecule is CCOC(=O)CC1(N2CCN(C)CC2)CCC(C)C(C)C1. The van der Waals surface area contributed by atoms with Crippen molar-refractivity contribution in [2.75, 3.05) is 39.8 Å². The van der Waals surface area contributed by atoms with Crippen LogP contribution in [0.15, 0.2) is 0 Å². The van der Waals surface area contributed by atoms with Crippen LogP contribution >= 0.6 is 0 Å². The molecule has 0 spiro atoms. The molecule has 0 aromatic heterocycles. The lowest BCUT2D eigenvalue weighted by Gasteiger charge is -2.51. The normalized spacial score (nSPS) is 35.6. The predicted octanol–water partition coefficient (Wildman–Crippen LogP) is 2.38. The molecule has 2 fully saturated rings. The van der Waals surface area contributed by atoms with Crippen molar-refractivity contribution >= 4 is 5.97 Å². The third-order valence-corrected chi connectivity index (χ3v) is 5.69. The minimum atomic E-state index is -0.0156. The highest BCUT2D eigenvalue weighted by molar-refractivity contribution is 5.71. The van der Waals surface area contributed by atoms with Gasteiger partial charge in [-0.2, -0.15) is 0 Å². The average Bonchev–Trinajstić information content (AvgIpc) is 2.44. The second-order valence-corrected chi connectivity index (χ2v) is 7.19. The minimum Gasteiger partial charge on any atom is -0.466 e. The zero-order valence-electron chi connectivity index (χ0n) is 14.2. The van der Waals surface area contributed by atoms with E-state index in [-0.39, 0.29) is 11.5 Å². The van der Waals surface area contributed by atoms with E-state index in [1.807, 2.05) is 6.92 Å². The van der Waals surface area contributed by atoms with Gasteiger partial charge in [0, 0.05) is 31.7 Å². The summed E-state index contributed by atoms with van der Waals surface area (Å²) in [5, 5.41) is 0. The van der Waals surface area contributed by atoms with E-state index in [9.17, 15) is 4.79 Å². The lowest BCUT2D eigenvalue weighted by molar-refractivity contribution is -0.149. The number of likely N-dealkylation sites (N-methyl/N-ethyl adjacent to an activating group) is 1. The van der Waals surface area contributed by atoms with E-state index >= 15 is 0 Å². The first-order valence-electron chi connectivity index (χ1n) is 8.56. The van der Waals surface area contributed by atoms with Crippen LogP contribution in [0.25, 0.3) is 0 Å². The summed E-state index contributed by atoms with van der Waals surface area (Å²) in [4.78, 5) is 17.1. The Balaban J connectivity index is 2.11. The average molecular weight is 296 g/mol. The van der Waals surface area contributed by atoms with Crippen LogP contribution in [0, 0.1) is 11.8 Å². The van der Waals surface area contributed by atoms with Crippen molar-refractivity contribution in [1.82, 2.24) is 9.80 Å². The highest BCUT2D eigenvalue weighted by atomic mass is 16.5. The quantitative estimate of drug-likeness (QED) is 0.746. The number of hydrogen-bond acceptors (Lipinski definition) is 4. The molecule has 2 rings (SSSR count). The van der Waals surface area contributed by atoms with E-state index in [1.54, 1.807) is 0 Å². The molecule has 1 heterocycles. The molecule has 122 valence electrons. The van der Waals surface area contributed by atoms with Crippen molar-refractivity contribution in [1.29, 1.82) is 0 Å². The van der Waals surface area contributed by atoms with Gasteiger partial charge in [-0.15, -0.1) is 0 Å². The maximum Gasteiger partial charge on any atom is 0.307 e. The van der Waals surface area contributed by atoms with Crippen LogP contribution in [-0.2, 0) is 9.53 Å². The molecule has 4 nitrogen and oxygen atoms in total. The Morgan fingerprint density at radius 2 is 1.86 bits per heavy atom. The standard InChI is InChI=1S/C17H32N2O2/c1-5-21-16(20)13-17(7-6-14(2)15(3)12-17)19-10-8-18(4)9-11-19/h14-15H,5-13H2,1-4H3. The summed E-state index contributed by atoms with van der Waals surface area (Å²) in [5.74, 6) is 1.44. The Bertz CT molecular complexity index is 353. The molecule has 0 N–H and O–H groups in total. The minimum absolute atomic E-state index is 0.0156. The summed E-state index contributed by atoms with van der Waals surface area (Å²) in [5.41, 5.74) is 0.0411. The summed E-state index contributed by atoms with van der Waals surface area (Å²) < 4.78 is 5.27. The number of hydrogen-bond donors (Lipinski definition) is 0. The highest BCUT2D eigenvalue weighted by Gasteiger charge is 2.44. The molecule has 1 saturated heterocycles. The van der Waals surface area contributed by atoms with Crippen LogP contribution in [0.3, 0.4) is 0 Å². The Kier molecular flexibility index (Phi) is 5.67. The molecule has 2 aliphatic rings. The van der Waals surface area contributed by atoms with Gasteiger partial charge in [-0.05, 0) is 45.1 Å². The van der Waals surface area contributed by atoms with Crippen LogP contribution in [0.1, 0.15) is 46.5 Å². The van der Waals surface area contributed by atoms with Gasteiger partial charge in [-0.25, -0.2) is 0 Å². The zero-order chi connectivity index (χ0) is 15.5. The van der Waals surface area contributed by atoms with Gasteiger partial charge in [0.25, 0.3) is 0 Å². The van der Waals surface area contributed by atoms with Crippen molar-refractivity contribution in [2.45, 2.75) is 52.0 Å². The first kappa shape index (κ1) is 16.8. The largest absolute Gasteiger partial charge is 0.466 e. The molecule has 21 heavy (non-hydrogen) atoms. The molecule has 0 radical (unpaired) electrons. The fourth-order valence-electron chi connectivity index (χ4n) is 4.00. The van der Waals surface area contributed by atoms with Crippen LogP contribution < -0.4 is 0 Å². The lowest BCUT2D eigenvalue weighted by atomic mass is 9.68. The fraction of sp³-hybridized carbons (Fsp3) is 0.941. The predicted molar refractivity (Wildman–Crippen MR) is 85.2 cm³/mol. The molecule has 1 aliphatic carbocycles. The van der Waals surface area contributed by atoms with Crippen molar-refractivity contribution in [3.8, 4) is 0 Å². The maximum atomic E-state index is 12.2. The number of esters is 1. The molecule has 1 saturated carbocycles. The van der Waals surface area contributed by atoms with Gasteiger partial charge in [-0.3, -0.25) is 9.69 Å². The van der Waals surface area contributed by atoms with Crippen LogP contribution in [-0.4, -0.2) is 61.1 Å². The Morgan fingerprint density at radius 1 is 1.19 bits per heavy atom. The van der Waals surface area contributed by atoms with Crippen molar-refractivity contribution in [3.05, 3.63) is 0 Å². The molecule has 0 bridgehead atoms. The van der Waals surface area contributed by atoms with E-state index in [4.69, 9.17) is 4.74 Å². The lowest BCUT2D eigenvalue weighted by Crippen LogP contribution is -2.59. The molecular formula is C17H32N2O2. The van der Waals surface area contributed by atoms with Gasteiger partial charge in [0.2, 0.25) is 0 Å². The Morgan fingerprint density at radius 3 is 2.43 bits per heavy atom. The van der Waals surface area contributed by atoms with E-state index in [2.05, 4.69) is 30.7 Å². The van der Waals surface area contributed by atoms with Crippen LogP contribution in [0.4, 0.5) is 0 Å². The Labute approximate surface area is 129 Å². The summed E-state index contributed by atoms with van der Waals surface area (Å²) in [6.07, 6.45) is 4.08. The third-order valence-electron chi connectivity index (χ3n) is 5.69. The van der Waals surface area contributed by atoms with Gasteiger partial charge in [0.05, 0.1) is 13.0 Å². The van der Waals surface area contributed by atoms with Gasteiger partial charge in [0.1, 0.15) is 0 Å². The first-order valence-corrected chi connectivity index (χ1v) is 8.56. The fourth-order valence-corrected chi connectivity index (χ4v) is 4.00. The molecule has 3 atom stereocenters. The molecule has 3 unspecified atom stereocenters. The van der Waals surface area contributed by atoms with Crippen molar-refractivity contribution in [2.24, 2.45) is 11.8 Å². The van der Waals surface area contributed by atoms with Crippen molar-refractivity contribution in [3.63, 3.8) is 0 Å². The van der Waals surface area contributed by atoms with Gasteiger partial charge in [0.15, 0.2) is 0 Å². The first-order chi connectivity index (χ1) is 9.97. The summed E-state index contributed by atoms with van der Waals surface area (Å²) in [6.45, 7) is 11.5. The molecule has 1 aliphatic heterocycles. The topological polar surface area (TPSA) is 32.8 Å². The molecule has 4 heteroatoms. The smallest absolute Gasteiger partial charge is 0.307 e. The van der Waals surface area contributed by atoms with Crippen LogP contribution in [0.2, 0.25) is 0 Å². The molecule has 0 amide bonds. The van der Waals surface area contributed by atoms with Gasteiger partial charge in [-0.1, -0.05) is 13.8 Å². The van der Waals surface area contributed by atoms with E-state index < -0.39 is 0 Å². The number of piperazine rings is 1. The summed E-state index contributed by atoms with van der Waals surface area (Å²) in [6, 6.07) is 0. The van der Waals surface area contributed by atoms with Gasteiger partial charge < -0.3 is 9.64 Å². The number of ether oxygens (including phenoxy) is 1. The highest BCUT2D eigenvalue weighted by Crippen LogP contribution is 2.42. The summed E-state index contributed by atoms with van der Waals surface area (Å²) >= 11 is 0. The monoisotopic (exact) mass is 296 g/mol. The van der Waals surface area contributed by atoms with E-state index in [1.165, 1.54) is 6.42 Å². The third kappa shape index (κ3) is 3.98. The van der Waals surface area contributed by atoms with E-state index in [0.717, 1.165) is 44.9 Å². The zero-order valence-corrected chi connectivity index (χ0v) is 14.2. The maximum absolute atomic E-state index is 12.2. The molecular weight excluding hydrogens is 264 g/mol. The number of carbonyl (C=O) groups is 1.